The van der Waals surface area contributed by atoms with E-state index in [4.69, 9.17) is 16.3 Å². The number of nitrogens with one attached hydrogen (secondary N) is 1. The molecule has 2 amide bonds. The number of amides is 2. The molecule has 2 aromatic carbocycles. The first kappa shape index (κ1) is 26.2. The fourth-order valence-electron chi connectivity index (χ4n) is 4.34. The molecule has 1 fully saturated rings. The Labute approximate surface area is 220 Å². The third kappa shape index (κ3) is 6.12. The summed E-state index contributed by atoms with van der Waals surface area (Å²) in [4.78, 5) is 42.8. The molecule has 4 rings (SSSR count). The van der Waals surface area contributed by atoms with Crippen molar-refractivity contribution in [1.82, 2.24) is 9.80 Å². The van der Waals surface area contributed by atoms with Crippen molar-refractivity contribution in [3.05, 3.63) is 76.5 Å². The molecule has 2 heterocycles. The summed E-state index contributed by atoms with van der Waals surface area (Å²) in [5.41, 5.74) is 2.65. The lowest BCUT2D eigenvalue weighted by molar-refractivity contribution is -0.136. The van der Waals surface area contributed by atoms with Gasteiger partial charge in [-0.3, -0.25) is 9.59 Å². The molecule has 0 bridgehead atoms. The molecule has 1 saturated heterocycles. The van der Waals surface area contributed by atoms with Gasteiger partial charge in [0, 0.05) is 44.5 Å². The molecule has 2 aliphatic rings. The van der Waals surface area contributed by atoms with Crippen molar-refractivity contribution in [2.24, 2.45) is 0 Å². The Hall–Kier alpha value is -3.82. The van der Waals surface area contributed by atoms with Gasteiger partial charge < -0.3 is 29.9 Å². The van der Waals surface area contributed by atoms with Gasteiger partial charge in [-0.25, -0.2) is 4.79 Å². The van der Waals surface area contributed by atoms with Crippen LogP contribution in [0.15, 0.2) is 65.9 Å². The Morgan fingerprint density at radius 1 is 1.11 bits per heavy atom. The maximum absolute atomic E-state index is 12.8. The molecule has 0 atom stereocenters. The van der Waals surface area contributed by atoms with E-state index in [9.17, 15) is 19.5 Å². The van der Waals surface area contributed by atoms with Crippen molar-refractivity contribution in [1.29, 1.82) is 0 Å². The van der Waals surface area contributed by atoms with Crippen LogP contribution in [0.1, 0.15) is 5.56 Å². The molecule has 0 aliphatic carbocycles. The van der Waals surface area contributed by atoms with Crippen molar-refractivity contribution < 1.29 is 24.2 Å². The number of anilines is 2. The first-order valence-electron chi connectivity index (χ1n) is 12.0. The van der Waals surface area contributed by atoms with Gasteiger partial charge in [-0.05, 0) is 29.8 Å². The van der Waals surface area contributed by atoms with Crippen LogP contribution in [0.5, 0.6) is 0 Å². The maximum atomic E-state index is 12.8. The summed E-state index contributed by atoms with van der Waals surface area (Å²) in [7, 11) is 1.25. The molecule has 0 radical (unpaired) electrons. The van der Waals surface area contributed by atoms with Crippen molar-refractivity contribution in [2.45, 2.75) is 0 Å². The number of aliphatic hydroxyl groups excluding tert-OH is 1. The van der Waals surface area contributed by atoms with Crippen LogP contribution in [0.2, 0.25) is 5.02 Å². The molecule has 0 unspecified atom stereocenters. The molecular weight excluding hydrogens is 496 g/mol. The number of ether oxygens (including phenoxy) is 1. The molecule has 9 nitrogen and oxygen atoms in total. The number of carbonyl (C=O) groups is 3. The lowest BCUT2D eigenvalue weighted by atomic mass is 10.2. The smallest absolute Gasteiger partial charge is 0.337 e. The minimum Gasteiger partial charge on any atom is -0.466 e. The SMILES string of the molecule is COC(=O)C1=C(Nc2ccc(N3CCN(C(=O)C=Cc4ccccc4)CC3)c(Cl)c2)C(=O)N(CCO)C1. The summed E-state index contributed by atoms with van der Waals surface area (Å²) in [6.45, 7) is 2.35. The van der Waals surface area contributed by atoms with Gasteiger partial charge in [0.1, 0.15) is 5.70 Å². The van der Waals surface area contributed by atoms with Gasteiger partial charge in [0.05, 0.1) is 36.5 Å². The van der Waals surface area contributed by atoms with Crippen LogP contribution in [0.3, 0.4) is 0 Å². The minimum absolute atomic E-state index is 0.0275. The lowest BCUT2D eigenvalue weighted by Crippen LogP contribution is -2.48. The zero-order valence-electron chi connectivity index (χ0n) is 20.5. The fraction of sp³-hybridized carbons (Fsp3) is 0.296. The average Bonchev–Trinajstić information content (AvgIpc) is 3.22. The largest absolute Gasteiger partial charge is 0.466 e. The van der Waals surface area contributed by atoms with Crippen LogP contribution >= 0.6 is 11.6 Å². The highest BCUT2D eigenvalue weighted by atomic mass is 35.5. The number of halogens is 1. The van der Waals surface area contributed by atoms with Gasteiger partial charge in [0.15, 0.2) is 0 Å². The minimum atomic E-state index is -0.606. The zero-order valence-corrected chi connectivity index (χ0v) is 21.3. The van der Waals surface area contributed by atoms with Crippen LogP contribution in [-0.2, 0) is 19.1 Å². The molecule has 37 heavy (non-hydrogen) atoms. The summed E-state index contributed by atoms with van der Waals surface area (Å²) in [5.74, 6) is -1.03. The van der Waals surface area contributed by atoms with Crippen molar-refractivity contribution in [3.8, 4) is 0 Å². The van der Waals surface area contributed by atoms with Gasteiger partial charge in [0.2, 0.25) is 5.91 Å². The molecule has 2 N–H and O–H groups in total. The number of hydrogen-bond acceptors (Lipinski definition) is 7. The fourth-order valence-corrected chi connectivity index (χ4v) is 4.64. The molecule has 194 valence electrons. The maximum Gasteiger partial charge on any atom is 0.337 e. The number of aliphatic hydroxyl groups is 1. The number of piperazine rings is 1. The Bertz CT molecular complexity index is 1220. The third-order valence-corrected chi connectivity index (χ3v) is 6.62. The Balaban J connectivity index is 1.39. The van der Waals surface area contributed by atoms with E-state index in [1.165, 1.54) is 12.0 Å². The highest BCUT2D eigenvalue weighted by Gasteiger charge is 2.34. The lowest BCUT2D eigenvalue weighted by Gasteiger charge is -2.36. The van der Waals surface area contributed by atoms with Gasteiger partial charge in [0.25, 0.3) is 5.91 Å². The van der Waals surface area contributed by atoms with Gasteiger partial charge in [-0.1, -0.05) is 41.9 Å². The van der Waals surface area contributed by atoms with Gasteiger partial charge >= 0.3 is 5.97 Å². The third-order valence-electron chi connectivity index (χ3n) is 6.32. The number of methoxy groups -OCH3 is 1. The molecular formula is C27H29ClN4O5. The van der Waals surface area contributed by atoms with Crippen LogP contribution in [0.4, 0.5) is 11.4 Å². The monoisotopic (exact) mass is 524 g/mol. The van der Waals surface area contributed by atoms with Gasteiger partial charge in [-0.15, -0.1) is 0 Å². The van der Waals surface area contributed by atoms with Gasteiger partial charge in [-0.2, -0.15) is 0 Å². The first-order chi connectivity index (χ1) is 17.9. The number of hydrogen-bond donors (Lipinski definition) is 2. The predicted molar refractivity (Wildman–Crippen MR) is 142 cm³/mol. The summed E-state index contributed by atoms with van der Waals surface area (Å²) < 4.78 is 4.82. The molecule has 10 heteroatoms. The molecule has 0 spiro atoms. The number of nitrogens with zero attached hydrogens (tertiary/aromatic N) is 3. The van der Waals surface area contributed by atoms with E-state index in [0.717, 1.165) is 11.3 Å². The van der Waals surface area contributed by atoms with E-state index < -0.39 is 11.9 Å². The van der Waals surface area contributed by atoms with E-state index in [1.807, 2.05) is 47.4 Å². The van der Waals surface area contributed by atoms with E-state index in [0.29, 0.717) is 36.9 Å². The number of benzene rings is 2. The second-order valence-electron chi connectivity index (χ2n) is 8.64. The van der Waals surface area contributed by atoms with E-state index in [1.54, 1.807) is 18.2 Å². The number of β-amino-alcohol motifs (C(OH)–C–C–N with tert-alkyl or cyclic N) is 1. The normalized spacial score (nSPS) is 16.1. The summed E-state index contributed by atoms with van der Waals surface area (Å²) in [5, 5.41) is 12.7. The molecule has 2 aliphatic heterocycles. The highest BCUT2D eigenvalue weighted by Crippen LogP contribution is 2.31. The number of esters is 1. The average molecular weight is 525 g/mol. The van der Waals surface area contributed by atoms with E-state index in [2.05, 4.69) is 10.2 Å². The predicted octanol–water partition coefficient (Wildman–Crippen LogP) is 2.38. The Morgan fingerprint density at radius 2 is 1.84 bits per heavy atom. The summed E-state index contributed by atoms with van der Waals surface area (Å²) >= 11 is 6.60. The first-order valence-corrected chi connectivity index (χ1v) is 12.3. The quantitative estimate of drug-likeness (QED) is 0.404. The topological polar surface area (TPSA) is 102 Å². The van der Waals surface area contributed by atoms with E-state index in [-0.39, 0.29) is 36.9 Å². The van der Waals surface area contributed by atoms with Crippen LogP contribution in [0.25, 0.3) is 6.08 Å². The van der Waals surface area contributed by atoms with Crippen LogP contribution < -0.4 is 10.2 Å². The van der Waals surface area contributed by atoms with Crippen LogP contribution in [-0.4, -0.2) is 85.7 Å². The second kappa shape index (κ2) is 11.9. The van der Waals surface area contributed by atoms with E-state index >= 15 is 0 Å². The second-order valence-corrected chi connectivity index (χ2v) is 9.05. The number of carbonyl (C=O) groups excluding carboxylic acids is 3. The Kier molecular flexibility index (Phi) is 8.47. The Morgan fingerprint density at radius 3 is 2.49 bits per heavy atom. The van der Waals surface area contributed by atoms with Crippen molar-refractivity contribution >= 4 is 46.8 Å². The zero-order chi connectivity index (χ0) is 26.4. The van der Waals surface area contributed by atoms with Crippen molar-refractivity contribution in [2.75, 3.05) is 63.2 Å². The standard InChI is InChI=1S/C27H29ClN4O5/c1-37-27(36)21-18-32(15-16-33)26(35)25(21)29-20-8-9-23(22(28)17-20)30-11-13-31(14-12-30)24(34)10-7-19-5-3-2-4-6-19/h2-10,17,29,33H,11-16,18H2,1H3. The summed E-state index contributed by atoms with van der Waals surface area (Å²) in [6, 6.07) is 15.0. The summed E-state index contributed by atoms with van der Waals surface area (Å²) in [6.07, 6.45) is 3.41. The number of rotatable bonds is 8. The molecule has 0 aromatic heterocycles. The molecule has 0 saturated carbocycles. The molecule has 2 aromatic rings. The highest BCUT2D eigenvalue weighted by molar-refractivity contribution is 6.33. The van der Waals surface area contributed by atoms with Crippen LogP contribution in [0, 0.1) is 0 Å². The van der Waals surface area contributed by atoms with Crippen molar-refractivity contribution in [3.63, 3.8) is 0 Å².